The molecule has 0 amide bonds. The van der Waals surface area contributed by atoms with Crippen LogP contribution in [0.5, 0.6) is 0 Å². The van der Waals surface area contributed by atoms with Gasteiger partial charge in [0.15, 0.2) is 0 Å². The van der Waals surface area contributed by atoms with Gasteiger partial charge >= 0.3 is 0 Å². The lowest BCUT2D eigenvalue weighted by Crippen LogP contribution is -2.35. The molecule has 176 valence electrons. The van der Waals surface area contributed by atoms with Gasteiger partial charge < -0.3 is 14.5 Å². The molecule has 0 aliphatic carbocycles. The summed E-state index contributed by atoms with van der Waals surface area (Å²) in [7, 11) is 3.69. The number of ether oxygens (including phenoxy) is 1. The molecule has 0 N–H and O–H groups in total. The van der Waals surface area contributed by atoms with Gasteiger partial charge in [-0.2, -0.15) is 0 Å². The van der Waals surface area contributed by atoms with Crippen LogP contribution in [0.15, 0.2) is 67.4 Å². The summed E-state index contributed by atoms with van der Waals surface area (Å²) >= 11 is 0. The van der Waals surface area contributed by atoms with Crippen LogP contribution < -0.4 is 9.80 Å². The Morgan fingerprint density at radius 1 is 1.18 bits per heavy atom. The quantitative estimate of drug-likeness (QED) is 0.398. The second-order valence-corrected chi connectivity index (χ2v) is 8.52. The molecule has 2 aromatic rings. The van der Waals surface area contributed by atoms with Crippen molar-refractivity contribution >= 4 is 16.9 Å². The number of hydrogen-bond donors (Lipinski definition) is 0. The van der Waals surface area contributed by atoms with Crippen LogP contribution in [0.1, 0.15) is 30.9 Å². The van der Waals surface area contributed by atoms with Gasteiger partial charge in [0, 0.05) is 50.3 Å². The molecule has 0 saturated carbocycles. The van der Waals surface area contributed by atoms with Crippen molar-refractivity contribution in [1.29, 1.82) is 0 Å². The van der Waals surface area contributed by atoms with E-state index in [-0.39, 0.29) is 0 Å². The van der Waals surface area contributed by atoms with Crippen LogP contribution in [0.3, 0.4) is 0 Å². The maximum atomic E-state index is 14.1. The second-order valence-electron chi connectivity index (χ2n) is 8.52. The molecule has 1 aliphatic heterocycles. The highest BCUT2D eigenvalue weighted by molar-refractivity contribution is 5.81. The predicted octanol–water partition coefficient (Wildman–Crippen LogP) is 6.61. The number of halogens is 2. The highest BCUT2D eigenvalue weighted by Gasteiger charge is 2.23. The lowest BCUT2D eigenvalue weighted by molar-refractivity contribution is 0.239. The zero-order chi connectivity index (χ0) is 23.8. The maximum Gasteiger partial charge on any atom is 0.129 e. The van der Waals surface area contributed by atoms with Gasteiger partial charge in [0.25, 0.3) is 0 Å². The second kappa shape index (κ2) is 11.8. The van der Waals surface area contributed by atoms with Gasteiger partial charge in [-0.25, -0.2) is 8.78 Å². The number of rotatable bonds is 9. The number of anilines is 2. The Morgan fingerprint density at radius 2 is 1.94 bits per heavy atom. The van der Waals surface area contributed by atoms with E-state index in [0.29, 0.717) is 24.5 Å². The molecule has 1 saturated heterocycles. The number of methoxy groups -OCH3 is 1. The predicted molar refractivity (Wildman–Crippen MR) is 135 cm³/mol. The molecule has 5 heteroatoms. The summed E-state index contributed by atoms with van der Waals surface area (Å²) in [4.78, 5) is 4.40. The van der Waals surface area contributed by atoms with Gasteiger partial charge in [-0.3, -0.25) is 0 Å². The molecular formula is C28H34F2N2O. The number of nitrogens with zero attached hydrogens (tertiary/aromatic N) is 2. The van der Waals surface area contributed by atoms with E-state index >= 15 is 0 Å². The molecule has 0 radical (unpaired) electrons. The summed E-state index contributed by atoms with van der Waals surface area (Å²) in [6, 6.07) is 10.4. The Hall–Kier alpha value is -2.92. The fraction of sp³-hybridized carbons (Fsp3) is 0.357. The third-order valence-electron chi connectivity index (χ3n) is 6.28. The van der Waals surface area contributed by atoms with Crippen molar-refractivity contribution in [2.75, 3.05) is 43.7 Å². The number of piperidine rings is 1. The van der Waals surface area contributed by atoms with Crippen LogP contribution in [0.25, 0.3) is 5.57 Å². The molecule has 3 nitrogen and oxygen atoms in total. The smallest absolute Gasteiger partial charge is 0.129 e. The van der Waals surface area contributed by atoms with E-state index < -0.39 is 11.6 Å². The topological polar surface area (TPSA) is 15.7 Å². The van der Waals surface area contributed by atoms with Crippen molar-refractivity contribution in [2.24, 2.45) is 5.92 Å². The van der Waals surface area contributed by atoms with E-state index in [2.05, 4.69) is 35.8 Å². The zero-order valence-corrected chi connectivity index (χ0v) is 19.9. The molecule has 1 aliphatic rings. The summed E-state index contributed by atoms with van der Waals surface area (Å²) in [5.74, 6) is -0.588. The summed E-state index contributed by atoms with van der Waals surface area (Å²) in [6.07, 6.45) is 10.5. The van der Waals surface area contributed by atoms with Gasteiger partial charge in [0.2, 0.25) is 0 Å². The van der Waals surface area contributed by atoms with Gasteiger partial charge in [0.1, 0.15) is 11.6 Å². The van der Waals surface area contributed by atoms with Crippen LogP contribution in [0, 0.1) is 17.6 Å². The maximum absolute atomic E-state index is 14.1. The van der Waals surface area contributed by atoms with E-state index in [1.165, 1.54) is 11.8 Å². The molecule has 1 fully saturated rings. The average molecular weight is 453 g/mol. The Morgan fingerprint density at radius 3 is 2.58 bits per heavy atom. The minimum atomic E-state index is -0.526. The van der Waals surface area contributed by atoms with E-state index in [1.54, 1.807) is 19.4 Å². The number of allylic oxidation sites excluding steroid dienone is 3. The summed E-state index contributed by atoms with van der Waals surface area (Å²) in [5, 5.41) is 0. The molecular weight excluding hydrogens is 418 g/mol. The molecule has 33 heavy (non-hydrogen) atoms. The van der Waals surface area contributed by atoms with Crippen molar-refractivity contribution in [3.63, 3.8) is 0 Å². The molecule has 0 bridgehead atoms. The Kier molecular flexibility index (Phi) is 8.84. The van der Waals surface area contributed by atoms with E-state index in [1.807, 2.05) is 31.0 Å². The first-order valence-electron chi connectivity index (χ1n) is 11.5. The molecule has 0 spiro atoms. The third kappa shape index (κ3) is 6.32. The number of benzene rings is 2. The summed E-state index contributed by atoms with van der Waals surface area (Å²) in [6.45, 7) is 8.17. The van der Waals surface area contributed by atoms with Crippen LogP contribution >= 0.6 is 0 Å². The first-order chi connectivity index (χ1) is 16.0. The van der Waals surface area contributed by atoms with Crippen LogP contribution in [-0.2, 0) is 11.2 Å². The van der Waals surface area contributed by atoms with Gasteiger partial charge in [-0.05, 0) is 73.7 Å². The van der Waals surface area contributed by atoms with Gasteiger partial charge in [-0.15, -0.1) is 0 Å². The lowest BCUT2D eigenvalue weighted by Gasteiger charge is -2.35. The Balaban J connectivity index is 1.82. The molecule has 0 atom stereocenters. The lowest BCUT2D eigenvalue weighted by atomic mass is 9.89. The Bertz CT molecular complexity index is 1010. The van der Waals surface area contributed by atoms with Crippen LogP contribution in [0.2, 0.25) is 0 Å². The van der Waals surface area contributed by atoms with E-state index in [0.717, 1.165) is 48.8 Å². The van der Waals surface area contributed by atoms with Crippen molar-refractivity contribution < 1.29 is 13.5 Å². The minimum Gasteiger partial charge on any atom is -0.380 e. The highest BCUT2D eigenvalue weighted by atomic mass is 19.1. The van der Waals surface area contributed by atoms with E-state index in [4.69, 9.17) is 4.74 Å². The number of hydrogen-bond acceptors (Lipinski definition) is 3. The van der Waals surface area contributed by atoms with Crippen molar-refractivity contribution in [1.82, 2.24) is 0 Å². The first-order valence-corrected chi connectivity index (χ1v) is 11.5. The fourth-order valence-corrected chi connectivity index (χ4v) is 4.34. The minimum absolute atomic E-state index is 0.382. The highest BCUT2D eigenvalue weighted by Crippen LogP contribution is 2.35. The molecule has 0 aromatic heterocycles. The van der Waals surface area contributed by atoms with Crippen LogP contribution in [0.4, 0.5) is 20.2 Å². The van der Waals surface area contributed by atoms with Gasteiger partial charge in [0.05, 0.1) is 6.61 Å². The SMILES string of the molecule is C=CN(C)c1ccc(N2CCC(Cc3ccc(F)cc3F)CC2)c(/C(=C/C=C\C)COC)c1. The third-order valence-corrected chi connectivity index (χ3v) is 6.28. The van der Waals surface area contributed by atoms with Crippen LogP contribution in [-0.4, -0.2) is 33.9 Å². The normalized spacial score (nSPS) is 15.3. The Labute approximate surface area is 196 Å². The molecule has 3 rings (SSSR count). The first kappa shape index (κ1) is 24.7. The molecule has 0 unspecified atom stereocenters. The standard InChI is InChI=1S/C28H34F2N2O/c1-5-7-8-23(20-33-4)26-19-25(31(3)6-2)11-12-28(26)32-15-13-21(14-16-32)17-22-9-10-24(29)18-27(22)30/h5-12,18-19,21H,2,13-17,20H2,1,3-4H3/b7-5-,23-8+. The van der Waals surface area contributed by atoms with Crippen molar-refractivity contribution in [2.45, 2.75) is 26.2 Å². The van der Waals surface area contributed by atoms with Crippen molar-refractivity contribution in [3.05, 3.63) is 90.2 Å². The monoisotopic (exact) mass is 452 g/mol. The average Bonchev–Trinajstić information content (AvgIpc) is 2.83. The fourth-order valence-electron chi connectivity index (χ4n) is 4.34. The van der Waals surface area contributed by atoms with Crippen molar-refractivity contribution in [3.8, 4) is 0 Å². The summed E-state index contributed by atoms with van der Waals surface area (Å²) in [5.41, 5.74) is 5.09. The zero-order valence-electron chi connectivity index (χ0n) is 19.9. The largest absolute Gasteiger partial charge is 0.380 e. The molecule has 2 aromatic carbocycles. The van der Waals surface area contributed by atoms with Gasteiger partial charge in [-0.1, -0.05) is 30.9 Å². The summed E-state index contributed by atoms with van der Waals surface area (Å²) < 4.78 is 32.9. The van der Waals surface area contributed by atoms with E-state index in [9.17, 15) is 8.78 Å². The molecule has 1 heterocycles.